The van der Waals surface area contributed by atoms with Crippen molar-refractivity contribution in [1.29, 1.82) is 0 Å². The van der Waals surface area contributed by atoms with Gasteiger partial charge in [-0.05, 0) is 55.0 Å². The lowest BCUT2D eigenvalue weighted by Gasteiger charge is -2.34. The van der Waals surface area contributed by atoms with Gasteiger partial charge in [-0.3, -0.25) is 4.79 Å². The monoisotopic (exact) mass is 445 g/mol. The largest absolute Gasteiger partial charge is 0.355 e. The molecule has 1 atom stereocenters. The predicted molar refractivity (Wildman–Crippen MR) is 116 cm³/mol. The first-order valence-electron chi connectivity index (χ1n) is 9.93. The van der Waals surface area contributed by atoms with Gasteiger partial charge in [-0.25, -0.2) is 8.42 Å². The number of nitrogens with one attached hydrogen (secondary N) is 1. The number of anilines is 1. The number of piperidine rings is 1. The zero-order valence-corrected chi connectivity index (χ0v) is 18.2. The number of sulfonamides is 1. The van der Waals surface area contributed by atoms with Gasteiger partial charge in [0.15, 0.2) is 11.5 Å². The quantitative estimate of drug-likeness (QED) is 0.598. The molecule has 158 valence electrons. The fourth-order valence-corrected chi connectivity index (χ4v) is 6.10. The van der Waals surface area contributed by atoms with Crippen molar-refractivity contribution in [3.63, 3.8) is 0 Å². The smallest absolute Gasteiger partial charge is 0.277 e. The van der Waals surface area contributed by atoms with Gasteiger partial charge in [0.2, 0.25) is 10.0 Å². The van der Waals surface area contributed by atoms with Gasteiger partial charge in [0.05, 0.1) is 9.77 Å². The molecule has 0 radical (unpaired) electrons. The minimum atomic E-state index is -3.55. The molecule has 1 aliphatic heterocycles. The summed E-state index contributed by atoms with van der Waals surface area (Å²) >= 11 is 1.50. The summed E-state index contributed by atoms with van der Waals surface area (Å²) < 4.78 is 32.9. The maximum absolute atomic E-state index is 13.0. The van der Waals surface area contributed by atoms with E-state index in [1.54, 1.807) is 22.5 Å². The molecule has 0 unspecified atom stereocenters. The van der Waals surface area contributed by atoms with E-state index >= 15 is 0 Å². The summed E-state index contributed by atoms with van der Waals surface area (Å²) in [4.78, 5) is 13.6. The van der Waals surface area contributed by atoms with Crippen LogP contribution < -0.4 is 5.32 Å². The molecule has 1 N–H and O–H groups in total. The van der Waals surface area contributed by atoms with Crippen LogP contribution in [0.1, 0.15) is 43.1 Å². The van der Waals surface area contributed by atoms with Gasteiger partial charge in [0, 0.05) is 24.3 Å². The molecule has 3 aromatic rings. The lowest BCUT2D eigenvalue weighted by atomic mass is 10.0. The Hall–Kier alpha value is -2.49. The highest BCUT2D eigenvalue weighted by molar-refractivity contribution is 7.89. The van der Waals surface area contributed by atoms with Crippen LogP contribution in [0.4, 0.5) is 5.69 Å². The number of hydrogen-bond acceptors (Lipinski definition) is 6. The SMILES string of the molecule is CC[C@@H]1CCCCN1S(=O)(=O)c1ccc(NC(=O)c2cc(-c3cccs3)on2)cc1. The van der Waals surface area contributed by atoms with Crippen LogP contribution in [0, 0.1) is 0 Å². The first kappa shape index (κ1) is 20.8. The molecular formula is C21H23N3O4S2. The highest BCUT2D eigenvalue weighted by atomic mass is 32.2. The zero-order chi connectivity index (χ0) is 21.1. The Bertz CT molecular complexity index is 1110. The average Bonchev–Trinajstić information content (AvgIpc) is 3.46. The van der Waals surface area contributed by atoms with E-state index in [0.29, 0.717) is 18.0 Å². The Morgan fingerprint density at radius 3 is 2.77 bits per heavy atom. The number of carbonyl (C=O) groups excluding carboxylic acids is 1. The van der Waals surface area contributed by atoms with Crippen molar-refractivity contribution in [2.45, 2.75) is 43.5 Å². The minimum Gasteiger partial charge on any atom is -0.355 e. The third kappa shape index (κ3) is 4.19. The second-order valence-electron chi connectivity index (χ2n) is 7.21. The van der Waals surface area contributed by atoms with Crippen LogP contribution in [0.3, 0.4) is 0 Å². The highest BCUT2D eigenvalue weighted by Gasteiger charge is 2.32. The van der Waals surface area contributed by atoms with E-state index in [-0.39, 0.29) is 16.6 Å². The Labute approximate surface area is 179 Å². The van der Waals surface area contributed by atoms with Crippen molar-refractivity contribution in [2.75, 3.05) is 11.9 Å². The summed E-state index contributed by atoms with van der Waals surface area (Å²) in [7, 11) is -3.55. The van der Waals surface area contributed by atoms with Crippen LogP contribution in [0.15, 0.2) is 57.3 Å². The van der Waals surface area contributed by atoms with E-state index in [0.717, 1.165) is 30.6 Å². The van der Waals surface area contributed by atoms with Crippen molar-refractivity contribution < 1.29 is 17.7 Å². The molecule has 9 heteroatoms. The standard InChI is InChI=1S/C21H23N3O4S2/c1-2-16-6-3-4-12-24(16)30(26,27)17-10-8-15(9-11-17)22-21(25)18-14-19(28-23-18)20-7-5-13-29-20/h5,7-11,13-14,16H,2-4,6,12H2,1H3,(H,22,25)/t16-/m1/s1. The number of amides is 1. The van der Waals surface area contributed by atoms with Gasteiger partial charge in [-0.2, -0.15) is 4.31 Å². The Morgan fingerprint density at radius 1 is 1.27 bits per heavy atom. The zero-order valence-electron chi connectivity index (χ0n) is 16.6. The molecule has 0 aliphatic carbocycles. The molecule has 1 saturated heterocycles. The molecule has 30 heavy (non-hydrogen) atoms. The van der Waals surface area contributed by atoms with E-state index in [1.165, 1.54) is 23.5 Å². The number of benzene rings is 1. The van der Waals surface area contributed by atoms with Crippen LogP contribution in [-0.2, 0) is 10.0 Å². The summed E-state index contributed by atoms with van der Waals surface area (Å²) in [5, 5.41) is 8.47. The topological polar surface area (TPSA) is 92.5 Å². The molecule has 7 nitrogen and oxygen atoms in total. The Balaban J connectivity index is 1.46. The van der Waals surface area contributed by atoms with Gasteiger partial charge < -0.3 is 9.84 Å². The first-order chi connectivity index (χ1) is 14.5. The van der Waals surface area contributed by atoms with Gasteiger partial charge in [-0.1, -0.05) is 24.6 Å². The Kier molecular flexibility index (Phi) is 6.03. The third-order valence-corrected chi connectivity index (χ3v) is 8.12. The normalized spacial score (nSPS) is 17.7. The van der Waals surface area contributed by atoms with E-state index in [4.69, 9.17) is 4.52 Å². The van der Waals surface area contributed by atoms with Crippen molar-refractivity contribution in [1.82, 2.24) is 9.46 Å². The van der Waals surface area contributed by atoms with E-state index in [2.05, 4.69) is 10.5 Å². The number of carbonyl (C=O) groups is 1. The number of aromatic nitrogens is 1. The number of thiophene rings is 1. The molecule has 2 aromatic heterocycles. The molecule has 0 bridgehead atoms. The van der Waals surface area contributed by atoms with Crippen LogP contribution in [0.25, 0.3) is 10.6 Å². The number of rotatable bonds is 6. The van der Waals surface area contributed by atoms with E-state index < -0.39 is 15.9 Å². The first-order valence-corrected chi connectivity index (χ1v) is 12.2. The van der Waals surface area contributed by atoms with Crippen molar-refractivity contribution in [2.24, 2.45) is 0 Å². The molecule has 1 amide bonds. The fourth-order valence-electron chi connectivity index (χ4n) is 3.66. The van der Waals surface area contributed by atoms with Crippen molar-refractivity contribution >= 4 is 33.0 Å². The molecule has 1 aromatic carbocycles. The van der Waals surface area contributed by atoms with Crippen molar-refractivity contribution in [3.05, 3.63) is 53.5 Å². The van der Waals surface area contributed by atoms with Crippen LogP contribution in [0.2, 0.25) is 0 Å². The molecule has 0 saturated carbocycles. The Morgan fingerprint density at radius 2 is 2.07 bits per heavy atom. The number of hydrogen-bond donors (Lipinski definition) is 1. The average molecular weight is 446 g/mol. The molecule has 3 heterocycles. The van der Waals surface area contributed by atoms with Crippen LogP contribution in [-0.4, -0.2) is 36.4 Å². The van der Waals surface area contributed by atoms with Gasteiger partial charge >= 0.3 is 0 Å². The lowest BCUT2D eigenvalue weighted by molar-refractivity contribution is 0.101. The summed E-state index contributed by atoms with van der Waals surface area (Å²) in [6.07, 6.45) is 3.65. The van der Waals surface area contributed by atoms with Gasteiger partial charge in [0.25, 0.3) is 5.91 Å². The second kappa shape index (κ2) is 8.71. The van der Waals surface area contributed by atoms with Crippen LogP contribution >= 0.6 is 11.3 Å². The summed E-state index contributed by atoms with van der Waals surface area (Å²) in [6.45, 7) is 2.57. The summed E-state index contributed by atoms with van der Waals surface area (Å²) in [5.41, 5.74) is 0.652. The molecule has 1 aliphatic rings. The maximum Gasteiger partial charge on any atom is 0.277 e. The van der Waals surface area contributed by atoms with Gasteiger partial charge in [-0.15, -0.1) is 11.3 Å². The van der Waals surface area contributed by atoms with Gasteiger partial charge in [0.1, 0.15) is 0 Å². The van der Waals surface area contributed by atoms with Crippen molar-refractivity contribution in [3.8, 4) is 10.6 Å². The predicted octanol–water partition coefficient (Wildman–Crippen LogP) is 4.61. The molecule has 1 fully saturated rings. The second-order valence-corrected chi connectivity index (χ2v) is 10.0. The minimum absolute atomic E-state index is 0.0489. The fraction of sp³-hybridized carbons (Fsp3) is 0.333. The summed E-state index contributed by atoms with van der Waals surface area (Å²) in [6, 6.07) is 11.7. The van der Waals surface area contributed by atoms with E-state index in [9.17, 15) is 13.2 Å². The van der Waals surface area contributed by atoms with Crippen LogP contribution in [0.5, 0.6) is 0 Å². The third-order valence-electron chi connectivity index (χ3n) is 5.27. The molecule has 4 rings (SSSR count). The molecule has 0 spiro atoms. The molecular weight excluding hydrogens is 422 g/mol. The number of nitrogens with zero attached hydrogens (tertiary/aromatic N) is 2. The van der Waals surface area contributed by atoms with E-state index in [1.807, 2.05) is 24.4 Å². The summed E-state index contributed by atoms with van der Waals surface area (Å²) in [5.74, 6) is 0.114. The maximum atomic E-state index is 13.0. The lowest BCUT2D eigenvalue weighted by Crippen LogP contribution is -2.43. The highest BCUT2D eigenvalue weighted by Crippen LogP contribution is 2.28.